The standard InChI is InChI=1S/C19H19N3O2/c1-3-13-8-10-14(11-9-13)19(24)22-12(2)17(18(23)21-20)15-6-4-5-7-16(15)22/h4-11H,3,20H2,1-2H3,(H,21,23). The summed E-state index contributed by atoms with van der Waals surface area (Å²) in [6.07, 6.45) is 0.917. The Morgan fingerprint density at radius 3 is 2.38 bits per heavy atom. The Morgan fingerprint density at radius 1 is 1.08 bits per heavy atom. The van der Waals surface area contributed by atoms with Gasteiger partial charge in [-0.25, -0.2) is 5.84 Å². The van der Waals surface area contributed by atoms with Crippen LogP contribution in [-0.4, -0.2) is 16.4 Å². The second kappa shape index (κ2) is 6.29. The average molecular weight is 321 g/mol. The first kappa shape index (κ1) is 16.0. The van der Waals surface area contributed by atoms with Gasteiger partial charge >= 0.3 is 0 Å². The fraction of sp³-hybridized carbons (Fsp3) is 0.158. The summed E-state index contributed by atoms with van der Waals surface area (Å²) < 4.78 is 1.57. The van der Waals surface area contributed by atoms with Gasteiger partial charge in [0.25, 0.3) is 11.8 Å². The number of amides is 1. The van der Waals surface area contributed by atoms with Gasteiger partial charge in [-0.05, 0) is 37.1 Å². The smallest absolute Gasteiger partial charge is 0.267 e. The third-order valence-electron chi connectivity index (χ3n) is 4.28. The van der Waals surface area contributed by atoms with Crippen molar-refractivity contribution in [2.45, 2.75) is 20.3 Å². The van der Waals surface area contributed by atoms with Crippen molar-refractivity contribution in [3.8, 4) is 0 Å². The fourth-order valence-electron chi connectivity index (χ4n) is 3.00. The summed E-state index contributed by atoms with van der Waals surface area (Å²) in [5, 5.41) is 0.705. The molecule has 24 heavy (non-hydrogen) atoms. The molecule has 0 spiro atoms. The van der Waals surface area contributed by atoms with E-state index in [0.717, 1.165) is 6.42 Å². The summed E-state index contributed by atoms with van der Waals surface area (Å²) >= 11 is 0. The number of hydrazine groups is 1. The molecular weight excluding hydrogens is 302 g/mol. The average Bonchev–Trinajstić information content (AvgIpc) is 2.92. The maximum atomic E-state index is 13.0. The molecule has 0 saturated heterocycles. The third-order valence-corrected chi connectivity index (χ3v) is 4.28. The molecule has 3 N–H and O–H groups in total. The van der Waals surface area contributed by atoms with E-state index in [1.807, 2.05) is 48.5 Å². The summed E-state index contributed by atoms with van der Waals surface area (Å²) in [4.78, 5) is 25.1. The molecule has 1 amide bonds. The Bertz CT molecular complexity index is 924. The van der Waals surface area contributed by atoms with E-state index in [-0.39, 0.29) is 5.91 Å². The van der Waals surface area contributed by atoms with Crippen LogP contribution in [0.5, 0.6) is 0 Å². The number of aryl methyl sites for hydroxylation is 1. The Morgan fingerprint density at radius 2 is 1.75 bits per heavy atom. The molecule has 0 saturated carbocycles. The van der Waals surface area contributed by atoms with Gasteiger partial charge in [0, 0.05) is 16.6 Å². The summed E-state index contributed by atoms with van der Waals surface area (Å²) in [6.45, 7) is 3.82. The summed E-state index contributed by atoms with van der Waals surface area (Å²) in [7, 11) is 0. The van der Waals surface area contributed by atoms with Crippen molar-refractivity contribution in [2.24, 2.45) is 5.84 Å². The number of nitrogen functional groups attached to an aromatic ring is 1. The number of fused-ring (bicyclic) bond motifs is 1. The molecule has 3 rings (SSSR count). The van der Waals surface area contributed by atoms with Gasteiger partial charge in [-0.15, -0.1) is 0 Å². The zero-order chi connectivity index (χ0) is 17.3. The number of nitrogens with one attached hydrogen (secondary N) is 1. The number of hydrogen-bond donors (Lipinski definition) is 2. The van der Waals surface area contributed by atoms with Gasteiger partial charge in [0.1, 0.15) is 0 Å². The molecule has 0 unspecified atom stereocenters. The number of nitrogens with two attached hydrogens (primary N) is 1. The first-order valence-corrected chi connectivity index (χ1v) is 7.83. The minimum Gasteiger partial charge on any atom is -0.290 e. The van der Waals surface area contributed by atoms with Gasteiger partial charge in [-0.2, -0.15) is 0 Å². The lowest BCUT2D eigenvalue weighted by Crippen LogP contribution is -2.30. The van der Waals surface area contributed by atoms with Crippen LogP contribution in [0.3, 0.4) is 0 Å². The maximum Gasteiger partial charge on any atom is 0.267 e. The highest BCUT2D eigenvalue weighted by Gasteiger charge is 2.23. The molecule has 122 valence electrons. The van der Waals surface area contributed by atoms with Crippen LogP contribution in [0.4, 0.5) is 0 Å². The van der Waals surface area contributed by atoms with Crippen LogP contribution in [0.25, 0.3) is 10.9 Å². The normalized spacial score (nSPS) is 10.8. The lowest BCUT2D eigenvalue weighted by Gasteiger charge is -2.08. The monoisotopic (exact) mass is 321 g/mol. The van der Waals surface area contributed by atoms with Crippen molar-refractivity contribution in [3.63, 3.8) is 0 Å². The van der Waals surface area contributed by atoms with Gasteiger partial charge in [0.15, 0.2) is 0 Å². The maximum absolute atomic E-state index is 13.0. The summed E-state index contributed by atoms with van der Waals surface area (Å²) in [5.74, 6) is 4.73. The van der Waals surface area contributed by atoms with Crippen LogP contribution in [0, 0.1) is 6.92 Å². The molecule has 0 fully saturated rings. The number of aromatic nitrogens is 1. The highest BCUT2D eigenvalue weighted by molar-refractivity contribution is 6.12. The quantitative estimate of drug-likeness (QED) is 0.442. The van der Waals surface area contributed by atoms with Crippen LogP contribution in [0.2, 0.25) is 0 Å². The van der Waals surface area contributed by atoms with E-state index in [2.05, 4.69) is 12.3 Å². The number of hydrogen-bond acceptors (Lipinski definition) is 3. The fourth-order valence-corrected chi connectivity index (χ4v) is 3.00. The topological polar surface area (TPSA) is 77.1 Å². The van der Waals surface area contributed by atoms with Crippen LogP contribution < -0.4 is 11.3 Å². The van der Waals surface area contributed by atoms with Crippen molar-refractivity contribution < 1.29 is 9.59 Å². The van der Waals surface area contributed by atoms with Crippen molar-refractivity contribution in [3.05, 3.63) is 70.9 Å². The van der Waals surface area contributed by atoms with Crippen LogP contribution in [0.15, 0.2) is 48.5 Å². The van der Waals surface area contributed by atoms with Gasteiger partial charge in [-0.1, -0.05) is 37.3 Å². The number of para-hydroxylation sites is 1. The summed E-state index contributed by atoms with van der Waals surface area (Å²) in [6, 6.07) is 14.8. The SMILES string of the molecule is CCc1ccc(C(=O)n2c(C)c(C(=O)NN)c3ccccc32)cc1. The number of carbonyl (C=O) groups excluding carboxylic acids is 2. The van der Waals surface area contributed by atoms with E-state index in [9.17, 15) is 9.59 Å². The molecule has 0 atom stereocenters. The second-order valence-corrected chi connectivity index (χ2v) is 5.64. The molecule has 1 aromatic heterocycles. The molecule has 2 aromatic carbocycles. The number of nitrogens with zero attached hydrogens (tertiary/aromatic N) is 1. The van der Waals surface area contributed by atoms with E-state index in [0.29, 0.717) is 27.7 Å². The minimum atomic E-state index is -0.406. The molecule has 0 bridgehead atoms. The van der Waals surface area contributed by atoms with Gasteiger partial charge < -0.3 is 0 Å². The Hall–Kier alpha value is -2.92. The largest absolute Gasteiger partial charge is 0.290 e. The lowest BCUT2D eigenvalue weighted by molar-refractivity contribution is 0.0954. The predicted molar refractivity (Wildman–Crippen MR) is 93.9 cm³/mol. The highest BCUT2D eigenvalue weighted by Crippen LogP contribution is 2.26. The molecule has 3 aromatic rings. The van der Waals surface area contributed by atoms with Crippen molar-refractivity contribution in [2.75, 3.05) is 0 Å². The van der Waals surface area contributed by atoms with Crippen molar-refractivity contribution in [1.29, 1.82) is 0 Å². The lowest BCUT2D eigenvalue weighted by atomic mass is 10.1. The first-order valence-electron chi connectivity index (χ1n) is 7.83. The van der Waals surface area contributed by atoms with E-state index >= 15 is 0 Å². The minimum absolute atomic E-state index is 0.164. The van der Waals surface area contributed by atoms with Crippen molar-refractivity contribution in [1.82, 2.24) is 9.99 Å². The summed E-state index contributed by atoms with van der Waals surface area (Å²) in [5.41, 5.74) is 5.60. The molecule has 5 nitrogen and oxygen atoms in total. The van der Waals surface area contributed by atoms with E-state index in [1.54, 1.807) is 11.5 Å². The Balaban J connectivity index is 2.20. The third kappa shape index (κ3) is 2.49. The molecule has 0 aliphatic rings. The Labute approximate surface area is 140 Å². The van der Waals surface area contributed by atoms with Gasteiger partial charge in [0.05, 0.1) is 11.1 Å². The highest BCUT2D eigenvalue weighted by atomic mass is 16.2. The van der Waals surface area contributed by atoms with E-state index in [4.69, 9.17) is 5.84 Å². The zero-order valence-electron chi connectivity index (χ0n) is 13.7. The Kier molecular flexibility index (Phi) is 4.18. The van der Waals surface area contributed by atoms with E-state index in [1.165, 1.54) is 5.56 Å². The van der Waals surface area contributed by atoms with Gasteiger partial charge in [-0.3, -0.25) is 19.6 Å². The van der Waals surface area contributed by atoms with Gasteiger partial charge in [0.2, 0.25) is 0 Å². The van der Waals surface area contributed by atoms with Crippen molar-refractivity contribution >= 4 is 22.7 Å². The van der Waals surface area contributed by atoms with Crippen LogP contribution >= 0.6 is 0 Å². The second-order valence-electron chi connectivity index (χ2n) is 5.64. The number of carbonyl (C=O) groups is 2. The van der Waals surface area contributed by atoms with Crippen LogP contribution in [-0.2, 0) is 6.42 Å². The molecular formula is C19H19N3O2. The predicted octanol–water partition coefficient (Wildman–Crippen LogP) is 2.80. The molecule has 0 radical (unpaired) electrons. The first-order chi connectivity index (χ1) is 11.6. The number of benzene rings is 2. The number of rotatable bonds is 3. The molecule has 0 aliphatic heterocycles. The van der Waals surface area contributed by atoms with Crippen LogP contribution in [0.1, 0.15) is 38.9 Å². The van der Waals surface area contributed by atoms with E-state index < -0.39 is 5.91 Å². The molecule has 5 heteroatoms. The molecule has 1 heterocycles. The zero-order valence-corrected chi connectivity index (χ0v) is 13.7. The molecule has 0 aliphatic carbocycles.